The number of anilines is 3. The molecule has 0 aromatic heterocycles. The zero-order valence-corrected chi connectivity index (χ0v) is 11.6. The Morgan fingerprint density at radius 3 is 2.05 bits per heavy atom. The van der Waals surface area contributed by atoms with Gasteiger partial charge in [0.2, 0.25) is 0 Å². The van der Waals surface area contributed by atoms with Crippen molar-refractivity contribution in [2.24, 2.45) is 0 Å². The van der Waals surface area contributed by atoms with Crippen LogP contribution in [0.3, 0.4) is 0 Å². The van der Waals surface area contributed by atoms with Crippen LogP contribution in [-0.4, -0.2) is 6.03 Å². The van der Waals surface area contributed by atoms with Crippen molar-refractivity contribution >= 4 is 46.3 Å². The molecule has 0 atom stereocenters. The van der Waals surface area contributed by atoms with Gasteiger partial charge in [-0.2, -0.15) is 0 Å². The first-order valence-corrected chi connectivity index (χ1v) is 6.29. The fourth-order valence-corrected chi connectivity index (χ4v) is 1.97. The van der Waals surface area contributed by atoms with Gasteiger partial charge in [-0.25, -0.2) is 9.18 Å². The molecule has 0 radical (unpaired) electrons. The van der Waals surface area contributed by atoms with Crippen LogP contribution in [-0.2, 0) is 0 Å². The predicted molar refractivity (Wildman–Crippen MR) is 79.9 cm³/mol. The number of carbonyl (C=O) groups is 1. The van der Waals surface area contributed by atoms with Gasteiger partial charge in [0.25, 0.3) is 0 Å². The minimum atomic E-state index is -0.724. The van der Waals surface area contributed by atoms with E-state index in [1.807, 2.05) is 0 Å². The normalized spacial score (nSPS) is 10.2. The largest absolute Gasteiger partial charge is 0.399 e. The van der Waals surface area contributed by atoms with Gasteiger partial charge < -0.3 is 16.4 Å². The molecule has 2 rings (SSSR count). The second kappa shape index (κ2) is 5.98. The summed E-state index contributed by atoms with van der Waals surface area (Å²) in [5.41, 5.74) is 6.98. The average Bonchev–Trinajstić information content (AvgIpc) is 2.38. The van der Waals surface area contributed by atoms with Gasteiger partial charge in [-0.05, 0) is 36.4 Å². The van der Waals surface area contributed by atoms with Crippen molar-refractivity contribution < 1.29 is 9.18 Å². The number of nitrogens with one attached hydrogen (secondary N) is 2. The highest BCUT2D eigenvalue weighted by Crippen LogP contribution is 2.27. The molecule has 0 saturated heterocycles. The molecule has 0 heterocycles. The highest BCUT2D eigenvalue weighted by molar-refractivity contribution is 6.35. The number of hydrogen-bond donors (Lipinski definition) is 3. The lowest BCUT2D eigenvalue weighted by Gasteiger charge is -2.09. The summed E-state index contributed by atoms with van der Waals surface area (Å²) in [4.78, 5) is 11.7. The monoisotopic (exact) mass is 313 g/mol. The van der Waals surface area contributed by atoms with E-state index in [2.05, 4.69) is 10.6 Å². The maximum Gasteiger partial charge on any atom is 0.323 e. The van der Waals surface area contributed by atoms with E-state index in [1.54, 1.807) is 24.3 Å². The lowest BCUT2D eigenvalue weighted by atomic mass is 10.3. The van der Waals surface area contributed by atoms with Crippen LogP contribution in [0.25, 0.3) is 0 Å². The predicted octanol–water partition coefficient (Wildman–Crippen LogP) is 4.36. The number of amides is 2. The number of rotatable bonds is 2. The molecule has 7 heteroatoms. The molecule has 0 aliphatic carbocycles. The van der Waals surface area contributed by atoms with Gasteiger partial charge in [0, 0.05) is 17.1 Å². The van der Waals surface area contributed by atoms with Gasteiger partial charge in [0.1, 0.15) is 0 Å². The Morgan fingerprint density at radius 1 is 1.00 bits per heavy atom. The van der Waals surface area contributed by atoms with Gasteiger partial charge in [-0.3, -0.25) is 0 Å². The summed E-state index contributed by atoms with van der Waals surface area (Å²) in [7, 11) is 0. The zero-order chi connectivity index (χ0) is 14.7. The van der Waals surface area contributed by atoms with E-state index in [4.69, 9.17) is 28.9 Å². The quantitative estimate of drug-likeness (QED) is 0.569. The van der Waals surface area contributed by atoms with Crippen LogP contribution in [0.15, 0.2) is 36.4 Å². The minimum Gasteiger partial charge on any atom is -0.399 e. The standard InChI is InChI=1S/C13H10Cl2FN3O/c14-10-5-9(6-11(15)12(10)16)19-13(20)18-8-3-1-7(17)2-4-8/h1-6H,17H2,(H2,18,19,20). The Labute approximate surface area is 124 Å². The van der Waals surface area contributed by atoms with Crippen molar-refractivity contribution in [2.45, 2.75) is 0 Å². The van der Waals surface area contributed by atoms with Crippen molar-refractivity contribution in [2.75, 3.05) is 16.4 Å². The van der Waals surface area contributed by atoms with Gasteiger partial charge in [0.05, 0.1) is 10.0 Å². The lowest BCUT2D eigenvalue weighted by molar-refractivity contribution is 0.262. The molecule has 0 fully saturated rings. The Morgan fingerprint density at radius 2 is 1.50 bits per heavy atom. The number of hydrogen-bond acceptors (Lipinski definition) is 2. The smallest absolute Gasteiger partial charge is 0.323 e. The summed E-state index contributed by atoms with van der Waals surface area (Å²) in [6.07, 6.45) is 0. The van der Waals surface area contributed by atoms with E-state index >= 15 is 0 Å². The van der Waals surface area contributed by atoms with Crippen LogP contribution in [0.4, 0.5) is 26.2 Å². The summed E-state index contributed by atoms with van der Waals surface area (Å²) in [6.45, 7) is 0. The first-order valence-electron chi connectivity index (χ1n) is 5.54. The molecule has 2 amide bonds. The maximum absolute atomic E-state index is 13.2. The van der Waals surface area contributed by atoms with Crippen molar-refractivity contribution in [3.8, 4) is 0 Å². The molecular formula is C13H10Cl2FN3O. The van der Waals surface area contributed by atoms with Crippen LogP contribution in [0.1, 0.15) is 0 Å². The molecule has 2 aromatic rings. The number of nitrogen functional groups attached to an aromatic ring is 1. The Bertz CT molecular complexity index is 624. The van der Waals surface area contributed by atoms with Crippen LogP contribution in [0.5, 0.6) is 0 Å². The van der Waals surface area contributed by atoms with Crippen LogP contribution in [0, 0.1) is 5.82 Å². The molecule has 2 aromatic carbocycles. The topological polar surface area (TPSA) is 67.1 Å². The maximum atomic E-state index is 13.2. The van der Waals surface area contributed by atoms with E-state index in [-0.39, 0.29) is 15.7 Å². The molecule has 0 bridgehead atoms. The van der Waals surface area contributed by atoms with Crippen LogP contribution >= 0.6 is 23.2 Å². The molecule has 4 nitrogen and oxygen atoms in total. The summed E-state index contributed by atoms with van der Waals surface area (Å²) in [5.74, 6) is -0.724. The fourth-order valence-electron chi connectivity index (χ4n) is 1.49. The van der Waals surface area contributed by atoms with E-state index in [0.29, 0.717) is 11.4 Å². The average molecular weight is 314 g/mol. The van der Waals surface area contributed by atoms with Gasteiger partial charge in [-0.15, -0.1) is 0 Å². The zero-order valence-electron chi connectivity index (χ0n) is 10.1. The Balaban J connectivity index is 2.06. The van der Waals surface area contributed by atoms with E-state index < -0.39 is 11.8 Å². The number of urea groups is 1. The van der Waals surface area contributed by atoms with Gasteiger partial charge >= 0.3 is 6.03 Å². The summed E-state index contributed by atoms with van der Waals surface area (Å²) >= 11 is 11.3. The second-order valence-electron chi connectivity index (χ2n) is 3.96. The molecule has 20 heavy (non-hydrogen) atoms. The number of carbonyl (C=O) groups excluding carboxylic acids is 1. The third-order valence-corrected chi connectivity index (χ3v) is 2.96. The first-order chi connectivity index (χ1) is 9.45. The lowest BCUT2D eigenvalue weighted by Crippen LogP contribution is -2.19. The minimum absolute atomic E-state index is 0.166. The van der Waals surface area contributed by atoms with Crippen LogP contribution < -0.4 is 16.4 Å². The number of halogens is 3. The van der Waals surface area contributed by atoms with E-state index in [9.17, 15) is 9.18 Å². The third kappa shape index (κ3) is 3.53. The molecule has 4 N–H and O–H groups in total. The molecule has 0 aliphatic rings. The van der Waals surface area contributed by atoms with Crippen molar-refractivity contribution in [1.29, 1.82) is 0 Å². The van der Waals surface area contributed by atoms with E-state index in [0.717, 1.165) is 0 Å². The highest BCUT2D eigenvalue weighted by Gasteiger charge is 2.09. The third-order valence-electron chi connectivity index (χ3n) is 2.41. The number of nitrogens with two attached hydrogens (primary N) is 1. The SMILES string of the molecule is Nc1ccc(NC(=O)Nc2cc(Cl)c(F)c(Cl)c2)cc1. The Kier molecular flexibility index (Phi) is 4.32. The van der Waals surface area contributed by atoms with Crippen LogP contribution in [0.2, 0.25) is 10.0 Å². The fraction of sp³-hybridized carbons (Fsp3) is 0. The molecule has 0 saturated carbocycles. The second-order valence-corrected chi connectivity index (χ2v) is 4.77. The summed E-state index contributed by atoms with van der Waals surface area (Å²) in [5, 5.41) is 4.75. The Hall–Kier alpha value is -1.98. The van der Waals surface area contributed by atoms with Gasteiger partial charge in [-0.1, -0.05) is 23.2 Å². The molecular weight excluding hydrogens is 304 g/mol. The van der Waals surface area contributed by atoms with Crippen molar-refractivity contribution in [3.63, 3.8) is 0 Å². The highest BCUT2D eigenvalue weighted by atomic mass is 35.5. The first kappa shape index (κ1) is 14.4. The summed E-state index contributed by atoms with van der Waals surface area (Å²) < 4.78 is 13.2. The van der Waals surface area contributed by atoms with Gasteiger partial charge in [0.15, 0.2) is 5.82 Å². The van der Waals surface area contributed by atoms with Crippen molar-refractivity contribution in [1.82, 2.24) is 0 Å². The van der Waals surface area contributed by atoms with E-state index in [1.165, 1.54) is 12.1 Å². The summed E-state index contributed by atoms with van der Waals surface area (Å²) in [6, 6.07) is 8.64. The molecule has 0 unspecified atom stereocenters. The van der Waals surface area contributed by atoms with Crippen molar-refractivity contribution in [3.05, 3.63) is 52.3 Å². The number of benzene rings is 2. The molecule has 0 spiro atoms. The molecule has 104 valence electrons. The molecule has 0 aliphatic heterocycles.